The van der Waals surface area contributed by atoms with Crippen LogP contribution in [-0.2, 0) is 0 Å². The van der Waals surface area contributed by atoms with Gasteiger partial charge in [0.25, 0.3) is 0 Å². The molecule has 0 aromatic heterocycles. The Labute approximate surface area is 81.1 Å². The molecule has 0 aliphatic rings. The molecule has 0 bridgehead atoms. The van der Waals surface area contributed by atoms with E-state index in [1.807, 2.05) is 0 Å². The van der Waals surface area contributed by atoms with Crippen LogP contribution < -0.4 is 0 Å². The highest BCUT2D eigenvalue weighted by molar-refractivity contribution is 6.32. The zero-order valence-corrected chi connectivity index (χ0v) is 8.31. The Kier molecular flexibility index (Phi) is 7.19. The molecular formula is C6H8Cl4. The van der Waals surface area contributed by atoms with Gasteiger partial charge in [0.2, 0.25) is 0 Å². The van der Waals surface area contributed by atoms with Crippen molar-refractivity contribution in [1.29, 1.82) is 0 Å². The third kappa shape index (κ3) is 5.67. The van der Waals surface area contributed by atoms with Crippen LogP contribution in [0.5, 0.6) is 0 Å². The molecule has 0 saturated heterocycles. The van der Waals surface area contributed by atoms with Crippen LogP contribution >= 0.6 is 46.4 Å². The lowest BCUT2D eigenvalue weighted by Gasteiger charge is -1.98. The van der Waals surface area contributed by atoms with Gasteiger partial charge in [0, 0.05) is 16.8 Å². The molecule has 0 fully saturated rings. The van der Waals surface area contributed by atoms with Gasteiger partial charge in [-0.25, -0.2) is 0 Å². The first-order valence-corrected chi connectivity index (χ1v) is 4.71. The molecule has 1 unspecified atom stereocenters. The number of halogens is 4. The van der Waals surface area contributed by atoms with Gasteiger partial charge < -0.3 is 0 Å². The highest BCUT2D eigenvalue weighted by atomic mass is 35.5. The van der Waals surface area contributed by atoms with Gasteiger partial charge in [0.1, 0.15) is 0 Å². The fraction of sp³-hybridized carbons (Fsp3) is 0.667. The second kappa shape index (κ2) is 6.60. The van der Waals surface area contributed by atoms with Crippen LogP contribution in [0.15, 0.2) is 11.1 Å². The highest BCUT2D eigenvalue weighted by Gasteiger charge is 1.98. The molecule has 0 aromatic carbocycles. The van der Waals surface area contributed by atoms with Crippen molar-refractivity contribution in [2.45, 2.75) is 11.8 Å². The summed E-state index contributed by atoms with van der Waals surface area (Å²) in [6, 6.07) is 0. The van der Waals surface area contributed by atoms with E-state index < -0.39 is 0 Å². The molecular weight excluding hydrogens is 214 g/mol. The maximum Gasteiger partial charge on any atom is 0.0665 e. The van der Waals surface area contributed by atoms with Crippen molar-refractivity contribution in [1.82, 2.24) is 0 Å². The molecule has 0 N–H and O–H groups in total. The van der Waals surface area contributed by atoms with Crippen LogP contribution in [0.25, 0.3) is 0 Å². The average molecular weight is 222 g/mol. The van der Waals surface area contributed by atoms with E-state index in [4.69, 9.17) is 46.4 Å². The molecule has 1 atom stereocenters. The Hall–Kier alpha value is 0.900. The molecule has 0 rings (SSSR count). The highest BCUT2D eigenvalue weighted by Crippen LogP contribution is 2.12. The fourth-order valence-electron chi connectivity index (χ4n) is 0.414. The van der Waals surface area contributed by atoms with E-state index in [0.29, 0.717) is 23.2 Å². The summed E-state index contributed by atoms with van der Waals surface area (Å²) in [5.74, 6) is 0.890. The SMILES string of the molecule is ClCCC(Cl)=CC(Cl)CCl. The van der Waals surface area contributed by atoms with Gasteiger partial charge in [-0.2, -0.15) is 0 Å². The maximum atomic E-state index is 5.69. The van der Waals surface area contributed by atoms with Crippen LogP contribution in [0.3, 0.4) is 0 Å². The Balaban J connectivity index is 3.65. The fourth-order valence-corrected chi connectivity index (χ4v) is 1.27. The lowest BCUT2D eigenvalue weighted by Crippen LogP contribution is -1.94. The first kappa shape index (κ1) is 10.9. The molecule has 0 heterocycles. The van der Waals surface area contributed by atoms with Crippen molar-refractivity contribution in [2.24, 2.45) is 0 Å². The summed E-state index contributed by atoms with van der Waals surface area (Å²) < 4.78 is 0. The average Bonchev–Trinajstić information content (AvgIpc) is 1.88. The summed E-state index contributed by atoms with van der Waals surface area (Å²) in [6.07, 6.45) is 2.36. The lowest BCUT2D eigenvalue weighted by atomic mass is 10.3. The van der Waals surface area contributed by atoms with E-state index in [-0.39, 0.29) is 5.38 Å². The van der Waals surface area contributed by atoms with E-state index in [1.54, 1.807) is 6.08 Å². The number of rotatable bonds is 4. The largest absolute Gasteiger partial charge is 0.126 e. The second-order valence-corrected chi connectivity index (χ2v) is 3.46. The van der Waals surface area contributed by atoms with Crippen LogP contribution in [-0.4, -0.2) is 17.1 Å². The van der Waals surface area contributed by atoms with Crippen molar-refractivity contribution >= 4 is 46.4 Å². The molecule has 0 amide bonds. The van der Waals surface area contributed by atoms with Crippen LogP contribution in [0.1, 0.15) is 6.42 Å². The van der Waals surface area contributed by atoms with E-state index in [9.17, 15) is 0 Å². The van der Waals surface area contributed by atoms with Crippen molar-refractivity contribution < 1.29 is 0 Å². The van der Waals surface area contributed by atoms with Gasteiger partial charge in [0.15, 0.2) is 0 Å². The van der Waals surface area contributed by atoms with Crippen molar-refractivity contribution in [3.63, 3.8) is 0 Å². The van der Waals surface area contributed by atoms with E-state index >= 15 is 0 Å². The van der Waals surface area contributed by atoms with Crippen molar-refractivity contribution in [3.8, 4) is 0 Å². The normalized spacial score (nSPS) is 15.4. The smallest absolute Gasteiger partial charge is 0.0665 e. The molecule has 0 spiro atoms. The zero-order chi connectivity index (χ0) is 7.98. The van der Waals surface area contributed by atoms with E-state index in [1.165, 1.54) is 0 Å². The number of alkyl halides is 3. The molecule has 4 heteroatoms. The Bertz CT molecular complexity index is 110. The van der Waals surface area contributed by atoms with Gasteiger partial charge in [-0.05, 0) is 6.42 Å². The predicted octanol–water partition coefficient (Wildman–Crippen LogP) is 3.58. The Morgan fingerprint density at radius 3 is 2.40 bits per heavy atom. The van der Waals surface area contributed by atoms with Crippen LogP contribution in [0, 0.1) is 0 Å². The number of hydrogen-bond acceptors (Lipinski definition) is 0. The minimum atomic E-state index is -0.183. The monoisotopic (exact) mass is 220 g/mol. The molecule has 0 aliphatic heterocycles. The predicted molar refractivity (Wildman–Crippen MR) is 49.6 cm³/mol. The Morgan fingerprint density at radius 2 is 2.00 bits per heavy atom. The van der Waals surface area contributed by atoms with Gasteiger partial charge in [0.05, 0.1) is 5.38 Å². The molecule has 10 heavy (non-hydrogen) atoms. The lowest BCUT2D eigenvalue weighted by molar-refractivity contribution is 1.15. The number of allylic oxidation sites excluding steroid dienone is 2. The molecule has 0 radical (unpaired) electrons. The zero-order valence-electron chi connectivity index (χ0n) is 5.29. The molecule has 60 valence electrons. The van der Waals surface area contributed by atoms with Gasteiger partial charge >= 0.3 is 0 Å². The molecule has 0 aromatic rings. The molecule has 0 saturated carbocycles. The summed E-state index contributed by atoms with van der Waals surface area (Å²) in [5.41, 5.74) is 0. The van der Waals surface area contributed by atoms with Gasteiger partial charge in [-0.1, -0.05) is 17.7 Å². The van der Waals surface area contributed by atoms with E-state index in [0.717, 1.165) is 0 Å². The first-order chi connectivity index (χ1) is 4.70. The van der Waals surface area contributed by atoms with Crippen molar-refractivity contribution in [2.75, 3.05) is 11.8 Å². The third-order valence-electron chi connectivity index (χ3n) is 0.842. The summed E-state index contributed by atoms with van der Waals surface area (Å²) in [4.78, 5) is 0. The minimum absolute atomic E-state index is 0.183. The summed E-state index contributed by atoms with van der Waals surface area (Å²) in [5, 5.41) is 0.494. The first-order valence-electron chi connectivity index (χ1n) is 2.83. The standard InChI is InChI=1S/C6H8Cl4/c7-2-1-5(9)3-6(10)4-8/h3,6H,1-2,4H2. The maximum absolute atomic E-state index is 5.69. The van der Waals surface area contributed by atoms with Gasteiger partial charge in [-0.3, -0.25) is 0 Å². The third-order valence-corrected chi connectivity index (χ3v) is 2.12. The quantitative estimate of drug-likeness (QED) is 0.637. The van der Waals surface area contributed by atoms with Crippen LogP contribution in [0.2, 0.25) is 0 Å². The second-order valence-electron chi connectivity index (χ2n) is 1.72. The molecule has 0 nitrogen and oxygen atoms in total. The summed E-state index contributed by atoms with van der Waals surface area (Å²) in [6.45, 7) is 0. The number of hydrogen-bond donors (Lipinski definition) is 0. The van der Waals surface area contributed by atoms with Gasteiger partial charge in [-0.15, -0.1) is 34.8 Å². The van der Waals surface area contributed by atoms with E-state index in [2.05, 4.69) is 0 Å². The molecule has 0 aliphatic carbocycles. The van der Waals surface area contributed by atoms with Crippen molar-refractivity contribution in [3.05, 3.63) is 11.1 Å². The summed E-state index contributed by atoms with van der Waals surface area (Å²) >= 11 is 22.2. The minimum Gasteiger partial charge on any atom is -0.126 e. The Morgan fingerprint density at radius 1 is 1.40 bits per heavy atom. The summed E-state index contributed by atoms with van der Waals surface area (Å²) in [7, 11) is 0. The van der Waals surface area contributed by atoms with Crippen LogP contribution in [0.4, 0.5) is 0 Å². The topological polar surface area (TPSA) is 0 Å².